The van der Waals surface area contributed by atoms with Crippen molar-refractivity contribution in [1.29, 1.82) is 0 Å². The summed E-state index contributed by atoms with van der Waals surface area (Å²) in [6, 6.07) is 0.0607. The van der Waals surface area contributed by atoms with Gasteiger partial charge in [0.25, 0.3) is 0 Å². The minimum absolute atomic E-state index is 0.00270. The van der Waals surface area contributed by atoms with E-state index < -0.39 is 44.8 Å². The van der Waals surface area contributed by atoms with Crippen molar-refractivity contribution in [2.75, 3.05) is 58.8 Å². The van der Waals surface area contributed by atoms with Crippen LogP contribution in [0.2, 0.25) is 5.28 Å². The van der Waals surface area contributed by atoms with Crippen LogP contribution in [-0.2, 0) is 39.4 Å². The van der Waals surface area contributed by atoms with Crippen LogP contribution in [0.3, 0.4) is 0 Å². The molecular formula is C21H32ClN6O10P. The normalized spacial score (nSPS) is 18.4. The Labute approximate surface area is 229 Å². The molecule has 3 N–H and O–H groups in total. The molecule has 1 saturated heterocycles. The number of likely N-dealkylation sites (N-methyl/N-ethyl adjacent to an activating group) is 1. The first kappa shape index (κ1) is 30.9. The van der Waals surface area contributed by atoms with Crippen LogP contribution in [0, 0.1) is 0 Å². The number of imidazole rings is 1. The molecule has 0 radical (unpaired) electrons. The van der Waals surface area contributed by atoms with E-state index in [0.717, 1.165) is 11.3 Å². The molecule has 2 aromatic rings. The molecule has 1 fully saturated rings. The number of fused-ring (bicyclic) bond motifs is 1. The fraction of sp³-hybridized carbons (Fsp3) is 0.667. The largest absolute Gasteiger partial charge is 0.510 e. The van der Waals surface area contributed by atoms with E-state index in [4.69, 9.17) is 21.1 Å². The van der Waals surface area contributed by atoms with E-state index in [9.17, 15) is 24.2 Å². The lowest BCUT2D eigenvalue weighted by atomic mass is 10.2. The first-order valence-electron chi connectivity index (χ1n) is 12.0. The first-order chi connectivity index (χ1) is 18.5. The molecule has 1 aliphatic rings. The van der Waals surface area contributed by atoms with Gasteiger partial charge in [-0.25, -0.2) is 9.78 Å². The van der Waals surface area contributed by atoms with Crippen LogP contribution in [-0.4, -0.2) is 118 Å². The van der Waals surface area contributed by atoms with Gasteiger partial charge in [0.1, 0.15) is 12.3 Å². The average molecular weight is 595 g/mol. The second-order valence-electron chi connectivity index (χ2n) is 8.60. The number of nitrogens with zero attached hydrogens (tertiary/aromatic N) is 5. The van der Waals surface area contributed by atoms with Crippen LogP contribution in [0.4, 0.5) is 10.6 Å². The van der Waals surface area contributed by atoms with E-state index >= 15 is 0 Å². The van der Waals surface area contributed by atoms with Gasteiger partial charge >= 0.3 is 13.8 Å². The summed E-state index contributed by atoms with van der Waals surface area (Å²) >= 11 is 6.13. The lowest BCUT2D eigenvalue weighted by Crippen LogP contribution is -2.43. The molecule has 0 aromatic carbocycles. The molecule has 16 nitrogen and oxygen atoms in total. The van der Waals surface area contributed by atoms with Crippen LogP contribution in [0.5, 0.6) is 0 Å². The number of hydrogen-bond donors (Lipinski definition) is 3. The van der Waals surface area contributed by atoms with Crippen LogP contribution in [0.1, 0.15) is 13.3 Å². The maximum atomic E-state index is 12.5. The van der Waals surface area contributed by atoms with Crippen LogP contribution < -0.4 is 5.32 Å². The van der Waals surface area contributed by atoms with Crippen LogP contribution in [0.25, 0.3) is 11.2 Å². The average Bonchev–Trinajstić information content (AvgIpc) is 3.52. The number of anilines is 1. The third-order valence-electron chi connectivity index (χ3n) is 5.73. The van der Waals surface area contributed by atoms with Crippen molar-refractivity contribution in [2.24, 2.45) is 0 Å². The fourth-order valence-corrected chi connectivity index (χ4v) is 4.75. The van der Waals surface area contributed by atoms with Crippen LogP contribution >= 0.6 is 19.2 Å². The zero-order chi connectivity index (χ0) is 28.6. The molecule has 4 atom stereocenters. The number of carbonyl (C=O) groups excluding carboxylic acids is 2. The van der Waals surface area contributed by atoms with Crippen molar-refractivity contribution in [2.45, 2.75) is 38.1 Å². The van der Waals surface area contributed by atoms with Crippen molar-refractivity contribution in [1.82, 2.24) is 24.4 Å². The zero-order valence-electron chi connectivity index (χ0n) is 21.7. The Hall–Kier alpha value is -2.59. The molecule has 218 valence electrons. The molecule has 0 aliphatic carbocycles. The van der Waals surface area contributed by atoms with Gasteiger partial charge in [0.05, 0.1) is 38.2 Å². The Morgan fingerprint density at radius 1 is 1.38 bits per heavy atom. The maximum absolute atomic E-state index is 12.5. The van der Waals surface area contributed by atoms with Crippen molar-refractivity contribution in [3.63, 3.8) is 0 Å². The summed E-state index contributed by atoms with van der Waals surface area (Å²) < 4.78 is 38.1. The number of carbonyl (C=O) groups is 2. The predicted octanol–water partition coefficient (Wildman–Crippen LogP) is 0.847. The molecule has 1 unspecified atom stereocenters. The van der Waals surface area contributed by atoms with E-state index in [0.29, 0.717) is 30.2 Å². The van der Waals surface area contributed by atoms with E-state index in [-0.39, 0.29) is 31.0 Å². The van der Waals surface area contributed by atoms with Gasteiger partial charge < -0.3 is 43.7 Å². The topological polar surface area (TPSA) is 197 Å². The number of aromatic nitrogens is 4. The van der Waals surface area contributed by atoms with Gasteiger partial charge in [0.15, 0.2) is 17.0 Å². The molecule has 3 heterocycles. The number of methoxy groups -OCH3 is 1. The minimum Gasteiger partial charge on any atom is -0.435 e. The number of nitrogens with one attached hydrogen (secondary N) is 1. The summed E-state index contributed by atoms with van der Waals surface area (Å²) in [7, 11) is -1.70. The molecular weight excluding hydrogens is 563 g/mol. The van der Waals surface area contributed by atoms with Gasteiger partial charge in [0.2, 0.25) is 18.0 Å². The van der Waals surface area contributed by atoms with Crippen LogP contribution in [0.15, 0.2) is 6.33 Å². The summed E-state index contributed by atoms with van der Waals surface area (Å²) in [4.78, 5) is 47.5. The highest BCUT2D eigenvalue weighted by Crippen LogP contribution is 2.41. The monoisotopic (exact) mass is 594 g/mol. The highest BCUT2D eigenvalue weighted by atomic mass is 35.5. The molecule has 18 heteroatoms. The number of ether oxygens (including phenoxy) is 4. The van der Waals surface area contributed by atoms with Gasteiger partial charge in [-0.3, -0.25) is 13.9 Å². The van der Waals surface area contributed by atoms with Gasteiger partial charge in [-0.05, 0) is 24.9 Å². The molecule has 0 spiro atoms. The zero-order valence-corrected chi connectivity index (χ0v) is 23.3. The Kier molecular flexibility index (Phi) is 11.2. The lowest BCUT2D eigenvalue weighted by Gasteiger charge is -2.27. The quantitative estimate of drug-likeness (QED) is 0.120. The molecule has 0 bridgehead atoms. The third kappa shape index (κ3) is 8.96. The number of halogens is 1. The molecule has 3 rings (SSSR count). The number of amides is 1. The third-order valence-corrected chi connectivity index (χ3v) is 7.08. The Balaban J connectivity index is 1.58. The molecule has 1 amide bonds. The first-order valence-corrected chi connectivity index (χ1v) is 14.1. The minimum atomic E-state index is -4.43. The van der Waals surface area contributed by atoms with Gasteiger partial charge in [0, 0.05) is 27.3 Å². The predicted molar refractivity (Wildman–Crippen MR) is 136 cm³/mol. The number of hydrogen-bond acceptors (Lipinski definition) is 13. The van der Waals surface area contributed by atoms with Crippen molar-refractivity contribution in [3.05, 3.63) is 11.6 Å². The van der Waals surface area contributed by atoms with E-state index in [2.05, 4.69) is 34.3 Å². The highest BCUT2D eigenvalue weighted by molar-refractivity contribution is 7.53. The van der Waals surface area contributed by atoms with Gasteiger partial charge in [-0.2, -0.15) is 9.97 Å². The maximum Gasteiger partial charge on any atom is 0.510 e. The second kappa shape index (κ2) is 14.2. The van der Waals surface area contributed by atoms with E-state index in [1.165, 1.54) is 20.5 Å². The highest BCUT2D eigenvalue weighted by Gasteiger charge is 2.30. The SMILES string of the molecule is CCOC(=O)OCOP(=O)(O)CC(=O)N(C)C[C@@H](OC)[C@@H](O)Cn1cnc2c(N[C@H]3CCOC3)nc(Cl)nc21. The smallest absolute Gasteiger partial charge is 0.435 e. The van der Waals surface area contributed by atoms with Gasteiger partial charge in [-0.1, -0.05) is 0 Å². The summed E-state index contributed by atoms with van der Waals surface area (Å²) in [5, 5.41) is 14.1. The van der Waals surface area contributed by atoms with Crippen molar-refractivity contribution in [3.8, 4) is 0 Å². The number of rotatable bonds is 14. The van der Waals surface area contributed by atoms with Crippen molar-refractivity contribution >= 4 is 48.2 Å². The van der Waals surface area contributed by atoms with Crippen molar-refractivity contribution < 1.29 is 47.6 Å². The summed E-state index contributed by atoms with van der Waals surface area (Å²) in [6.45, 7) is 1.79. The molecule has 39 heavy (non-hydrogen) atoms. The summed E-state index contributed by atoms with van der Waals surface area (Å²) in [5.41, 5.74) is 0.851. The number of aliphatic hydroxyl groups is 1. The molecule has 1 aliphatic heterocycles. The Morgan fingerprint density at radius 2 is 2.15 bits per heavy atom. The Bertz CT molecular complexity index is 1180. The van der Waals surface area contributed by atoms with Gasteiger partial charge in [-0.15, -0.1) is 0 Å². The summed E-state index contributed by atoms with van der Waals surface area (Å²) in [6.07, 6.45) is -1.68. The fourth-order valence-electron chi connectivity index (χ4n) is 3.69. The Morgan fingerprint density at radius 3 is 2.82 bits per heavy atom. The molecule has 2 aromatic heterocycles. The lowest BCUT2D eigenvalue weighted by molar-refractivity contribution is -0.130. The second-order valence-corrected chi connectivity index (χ2v) is 10.8. The van der Waals surface area contributed by atoms with E-state index in [1.54, 1.807) is 11.5 Å². The molecule has 0 saturated carbocycles. The summed E-state index contributed by atoms with van der Waals surface area (Å²) in [5.74, 6) is -0.309. The van der Waals surface area contributed by atoms with E-state index in [1.807, 2.05) is 0 Å². The standard InChI is InChI=1S/C21H32ClN6O10P/c1-4-36-21(31)37-12-38-39(32,33)10-16(30)27(2)8-15(34-3)14(29)7-28-11-23-17-18(24-13-5-6-35-9-13)25-20(22)26-19(17)28/h11,13-15,29H,4-10,12H2,1-3H3,(H,32,33)(H,24,25,26)/t13-,14-,15+/m0/s1. The number of aliphatic hydroxyl groups excluding tert-OH is 1.